The largest absolute Gasteiger partial charge is 0.497 e. The Kier molecular flexibility index (Phi) is 5.99. The lowest BCUT2D eigenvalue weighted by Gasteiger charge is -2.28. The van der Waals surface area contributed by atoms with Crippen molar-refractivity contribution in [3.63, 3.8) is 0 Å². The lowest BCUT2D eigenvalue weighted by Crippen LogP contribution is -2.33. The molecule has 0 radical (unpaired) electrons. The van der Waals surface area contributed by atoms with E-state index < -0.39 is 0 Å². The first kappa shape index (κ1) is 19.5. The van der Waals surface area contributed by atoms with E-state index in [0.717, 1.165) is 36.2 Å². The van der Waals surface area contributed by atoms with E-state index in [1.807, 2.05) is 30.3 Å². The molecule has 0 unspecified atom stereocenters. The van der Waals surface area contributed by atoms with Crippen LogP contribution < -0.4 is 19.7 Å². The molecular weight excluding hydrogens is 356 g/mol. The maximum Gasteiger partial charge on any atom is 0.248 e. The molecule has 0 aliphatic carbocycles. The van der Waals surface area contributed by atoms with Gasteiger partial charge in [-0.05, 0) is 54.8 Å². The summed E-state index contributed by atoms with van der Waals surface area (Å²) >= 11 is 0. The number of hydrogen-bond donors (Lipinski definition) is 1. The lowest BCUT2D eigenvalue weighted by molar-refractivity contribution is -0.116. The topological polar surface area (TPSA) is 67.9 Å². The fourth-order valence-electron chi connectivity index (χ4n) is 3.31. The molecule has 6 nitrogen and oxygen atoms in total. The first-order valence-electron chi connectivity index (χ1n) is 9.14. The predicted octanol–water partition coefficient (Wildman–Crippen LogP) is 3.65. The van der Waals surface area contributed by atoms with Gasteiger partial charge in [-0.2, -0.15) is 0 Å². The number of amides is 2. The van der Waals surface area contributed by atoms with Gasteiger partial charge in [-0.25, -0.2) is 0 Å². The number of hydrogen-bond acceptors (Lipinski definition) is 4. The molecule has 3 rings (SSSR count). The summed E-state index contributed by atoms with van der Waals surface area (Å²) in [6.45, 7) is 2.31. The normalized spacial score (nSPS) is 13.2. The average Bonchev–Trinajstić information content (AvgIpc) is 2.71. The molecule has 2 amide bonds. The van der Waals surface area contributed by atoms with E-state index in [2.05, 4.69) is 5.32 Å². The highest BCUT2D eigenvalue weighted by Crippen LogP contribution is 2.30. The van der Waals surface area contributed by atoms with E-state index in [0.29, 0.717) is 17.2 Å². The molecule has 28 heavy (non-hydrogen) atoms. The van der Waals surface area contributed by atoms with Crippen molar-refractivity contribution >= 4 is 29.3 Å². The quantitative estimate of drug-likeness (QED) is 0.804. The fourth-order valence-corrected chi connectivity index (χ4v) is 3.31. The van der Waals surface area contributed by atoms with Crippen LogP contribution in [0.2, 0.25) is 0 Å². The van der Waals surface area contributed by atoms with Gasteiger partial charge in [-0.3, -0.25) is 9.59 Å². The maximum absolute atomic E-state index is 12.3. The third-order valence-electron chi connectivity index (χ3n) is 4.70. The number of aryl methyl sites for hydroxylation is 1. The Balaban J connectivity index is 1.72. The van der Waals surface area contributed by atoms with Crippen molar-refractivity contribution in [2.75, 3.05) is 31.0 Å². The van der Waals surface area contributed by atoms with Gasteiger partial charge in [0.15, 0.2) is 0 Å². The second-order valence-corrected chi connectivity index (χ2v) is 6.55. The summed E-state index contributed by atoms with van der Waals surface area (Å²) in [5, 5.41) is 2.87. The number of carbonyl (C=O) groups excluding carboxylic acids is 2. The van der Waals surface area contributed by atoms with Crippen molar-refractivity contribution in [1.29, 1.82) is 0 Å². The summed E-state index contributed by atoms with van der Waals surface area (Å²) in [4.78, 5) is 25.9. The molecule has 0 spiro atoms. The third kappa shape index (κ3) is 4.34. The Morgan fingerprint density at radius 2 is 1.93 bits per heavy atom. The van der Waals surface area contributed by atoms with Crippen LogP contribution in [-0.2, 0) is 16.0 Å². The maximum atomic E-state index is 12.3. The van der Waals surface area contributed by atoms with Crippen LogP contribution in [0.3, 0.4) is 0 Å². The number of rotatable bonds is 5. The zero-order chi connectivity index (χ0) is 20.1. The Morgan fingerprint density at radius 1 is 1.11 bits per heavy atom. The number of nitrogens with zero attached hydrogens (tertiary/aromatic N) is 1. The molecule has 0 fully saturated rings. The van der Waals surface area contributed by atoms with Crippen LogP contribution in [0.25, 0.3) is 6.08 Å². The lowest BCUT2D eigenvalue weighted by atomic mass is 10.0. The number of fused-ring (bicyclic) bond motifs is 1. The standard InChI is InChI=1S/C22H24N2O4/c1-15(25)24-12-4-5-17-13-18(8-10-20(17)24)23-22(26)11-7-16-6-9-19(27-2)14-21(16)28-3/h6-11,13-14H,4-5,12H2,1-3H3,(H,23,26)/b11-7+. The van der Waals surface area contributed by atoms with Crippen molar-refractivity contribution in [2.45, 2.75) is 19.8 Å². The number of anilines is 2. The summed E-state index contributed by atoms with van der Waals surface area (Å²) < 4.78 is 10.5. The molecule has 1 aliphatic heterocycles. The second-order valence-electron chi connectivity index (χ2n) is 6.55. The van der Waals surface area contributed by atoms with Crippen LogP contribution in [0.5, 0.6) is 11.5 Å². The minimum Gasteiger partial charge on any atom is -0.497 e. The van der Waals surface area contributed by atoms with Gasteiger partial charge in [0.1, 0.15) is 11.5 Å². The van der Waals surface area contributed by atoms with Crippen LogP contribution in [0.15, 0.2) is 42.5 Å². The second kappa shape index (κ2) is 8.61. The number of nitrogens with one attached hydrogen (secondary N) is 1. The van der Waals surface area contributed by atoms with Gasteiger partial charge in [-0.1, -0.05) is 0 Å². The van der Waals surface area contributed by atoms with Gasteiger partial charge in [0.2, 0.25) is 11.8 Å². The molecule has 0 saturated carbocycles. The number of carbonyl (C=O) groups is 2. The molecular formula is C22H24N2O4. The highest BCUT2D eigenvalue weighted by atomic mass is 16.5. The number of benzene rings is 2. The zero-order valence-corrected chi connectivity index (χ0v) is 16.3. The molecule has 2 aromatic carbocycles. The summed E-state index contributed by atoms with van der Waals surface area (Å²) in [5.74, 6) is 1.11. The van der Waals surface area contributed by atoms with Gasteiger partial charge in [0, 0.05) is 42.5 Å². The van der Waals surface area contributed by atoms with Crippen molar-refractivity contribution in [3.8, 4) is 11.5 Å². The minimum absolute atomic E-state index is 0.0362. The molecule has 0 atom stereocenters. The zero-order valence-electron chi connectivity index (χ0n) is 16.3. The monoisotopic (exact) mass is 380 g/mol. The molecule has 0 bridgehead atoms. The molecule has 1 N–H and O–H groups in total. The van der Waals surface area contributed by atoms with Crippen molar-refractivity contribution in [3.05, 3.63) is 53.6 Å². The molecule has 0 saturated heterocycles. The molecule has 6 heteroatoms. The first-order chi connectivity index (χ1) is 13.5. The van der Waals surface area contributed by atoms with Crippen LogP contribution in [0, 0.1) is 0 Å². The summed E-state index contributed by atoms with van der Waals surface area (Å²) in [5.41, 5.74) is 3.48. The minimum atomic E-state index is -0.239. The first-order valence-corrected chi connectivity index (χ1v) is 9.14. The highest BCUT2D eigenvalue weighted by molar-refractivity contribution is 6.02. The Hall–Kier alpha value is -3.28. The van der Waals surface area contributed by atoms with Gasteiger partial charge in [0.25, 0.3) is 0 Å². The van der Waals surface area contributed by atoms with Crippen molar-refractivity contribution in [1.82, 2.24) is 0 Å². The van der Waals surface area contributed by atoms with Crippen molar-refractivity contribution < 1.29 is 19.1 Å². The van der Waals surface area contributed by atoms with Crippen LogP contribution in [0.4, 0.5) is 11.4 Å². The van der Waals surface area contributed by atoms with Crippen molar-refractivity contribution in [2.24, 2.45) is 0 Å². The van der Waals surface area contributed by atoms with E-state index >= 15 is 0 Å². The van der Waals surface area contributed by atoms with Gasteiger partial charge >= 0.3 is 0 Å². The average molecular weight is 380 g/mol. The summed E-state index contributed by atoms with van der Waals surface area (Å²) in [6.07, 6.45) is 4.97. The number of methoxy groups -OCH3 is 2. The third-order valence-corrected chi connectivity index (χ3v) is 4.70. The molecule has 0 aromatic heterocycles. The van der Waals surface area contributed by atoms with Crippen LogP contribution in [-0.4, -0.2) is 32.6 Å². The highest BCUT2D eigenvalue weighted by Gasteiger charge is 2.20. The van der Waals surface area contributed by atoms with Crippen LogP contribution in [0.1, 0.15) is 24.5 Å². The number of ether oxygens (including phenoxy) is 2. The summed E-state index contributed by atoms with van der Waals surface area (Å²) in [6, 6.07) is 11.1. The summed E-state index contributed by atoms with van der Waals surface area (Å²) in [7, 11) is 3.16. The van der Waals surface area contributed by atoms with E-state index in [9.17, 15) is 9.59 Å². The Labute approximate surface area is 164 Å². The SMILES string of the molecule is COc1ccc(/C=C/C(=O)Nc2ccc3c(c2)CCCN3C(C)=O)c(OC)c1. The molecule has 146 valence electrons. The van der Waals surface area contributed by atoms with Gasteiger partial charge < -0.3 is 19.7 Å². The van der Waals surface area contributed by atoms with E-state index in [-0.39, 0.29) is 11.8 Å². The smallest absolute Gasteiger partial charge is 0.248 e. The Bertz CT molecular complexity index is 921. The van der Waals surface area contributed by atoms with Crippen LogP contribution >= 0.6 is 0 Å². The van der Waals surface area contributed by atoms with Gasteiger partial charge in [-0.15, -0.1) is 0 Å². The molecule has 2 aromatic rings. The molecule has 1 aliphatic rings. The molecule has 1 heterocycles. The predicted molar refractivity (Wildman–Crippen MR) is 110 cm³/mol. The Morgan fingerprint density at radius 3 is 2.64 bits per heavy atom. The van der Waals surface area contributed by atoms with E-state index in [1.165, 1.54) is 6.08 Å². The van der Waals surface area contributed by atoms with Gasteiger partial charge in [0.05, 0.1) is 14.2 Å². The van der Waals surface area contributed by atoms with E-state index in [4.69, 9.17) is 9.47 Å². The van der Waals surface area contributed by atoms with E-state index in [1.54, 1.807) is 38.2 Å². The fraction of sp³-hybridized carbons (Fsp3) is 0.273.